The van der Waals surface area contributed by atoms with Crippen LogP contribution in [0.2, 0.25) is 0 Å². The largest absolute Gasteiger partial charge is 0.281 e. The lowest BCUT2D eigenvalue weighted by Gasteiger charge is -1.95. The van der Waals surface area contributed by atoms with Gasteiger partial charge in [-0.25, -0.2) is 0 Å². The zero-order chi connectivity index (χ0) is 8.27. The second kappa shape index (κ2) is 4.07. The predicted molar refractivity (Wildman–Crippen MR) is 53.7 cm³/mol. The van der Waals surface area contributed by atoms with E-state index in [0.717, 1.165) is 9.13 Å². The van der Waals surface area contributed by atoms with Gasteiger partial charge in [0.15, 0.2) is 0 Å². The molecule has 0 aliphatic carbocycles. The van der Waals surface area contributed by atoms with Crippen LogP contribution in [-0.2, 0) is 11.2 Å². The molecule has 1 rings (SSSR count). The highest BCUT2D eigenvalue weighted by atomic mass is 127. The summed E-state index contributed by atoms with van der Waals surface area (Å²) in [6.07, 6.45) is 0.318. The summed E-state index contributed by atoms with van der Waals surface area (Å²) < 4.78 is 1.16. The van der Waals surface area contributed by atoms with Gasteiger partial charge in [-0.2, -0.15) is 0 Å². The number of rotatable bonds is 2. The van der Waals surface area contributed by atoms with Gasteiger partial charge in [0.05, 0.1) is 0 Å². The SMILES string of the molecule is O=C(Cl)Cc1ccc(I)cc1. The van der Waals surface area contributed by atoms with E-state index in [1.807, 2.05) is 24.3 Å². The lowest BCUT2D eigenvalue weighted by atomic mass is 10.2. The van der Waals surface area contributed by atoms with Crippen LogP contribution in [0.5, 0.6) is 0 Å². The minimum absolute atomic E-state index is 0.314. The molecule has 0 spiro atoms. The topological polar surface area (TPSA) is 17.1 Å². The van der Waals surface area contributed by atoms with Crippen LogP contribution in [0.4, 0.5) is 0 Å². The summed E-state index contributed by atoms with van der Waals surface area (Å²) in [6, 6.07) is 7.72. The van der Waals surface area contributed by atoms with Crippen molar-refractivity contribution in [1.82, 2.24) is 0 Å². The maximum Gasteiger partial charge on any atom is 0.226 e. The zero-order valence-corrected chi connectivity index (χ0v) is 8.59. The van der Waals surface area contributed by atoms with Crippen LogP contribution in [0.15, 0.2) is 24.3 Å². The highest BCUT2D eigenvalue weighted by Crippen LogP contribution is 2.07. The molecule has 1 aromatic rings. The van der Waals surface area contributed by atoms with Gasteiger partial charge in [0.2, 0.25) is 5.24 Å². The van der Waals surface area contributed by atoms with Gasteiger partial charge in [0.25, 0.3) is 0 Å². The molecule has 0 fully saturated rings. The Balaban J connectivity index is 2.74. The van der Waals surface area contributed by atoms with Crippen molar-refractivity contribution in [2.75, 3.05) is 0 Å². The molecule has 0 radical (unpaired) electrons. The van der Waals surface area contributed by atoms with Gasteiger partial charge in [-0.1, -0.05) is 12.1 Å². The second-order valence-corrected chi connectivity index (χ2v) is 3.83. The van der Waals surface area contributed by atoms with Crippen LogP contribution >= 0.6 is 34.2 Å². The van der Waals surface area contributed by atoms with Crippen LogP contribution in [0, 0.1) is 3.57 Å². The van der Waals surface area contributed by atoms with Gasteiger partial charge in [-0.3, -0.25) is 4.79 Å². The molecule has 1 nitrogen and oxygen atoms in total. The third-order valence-corrected chi connectivity index (χ3v) is 2.11. The van der Waals surface area contributed by atoms with Crippen molar-refractivity contribution in [3.8, 4) is 0 Å². The third-order valence-electron chi connectivity index (χ3n) is 1.26. The molecular weight excluding hydrogens is 274 g/mol. The van der Waals surface area contributed by atoms with Gasteiger partial charge in [0, 0.05) is 9.99 Å². The monoisotopic (exact) mass is 280 g/mol. The molecule has 0 aromatic heterocycles. The molecule has 0 bridgehead atoms. The van der Waals surface area contributed by atoms with E-state index in [1.54, 1.807) is 0 Å². The Bertz CT molecular complexity index is 255. The molecular formula is C8H6ClIO. The first-order valence-electron chi connectivity index (χ1n) is 3.11. The van der Waals surface area contributed by atoms with Gasteiger partial charge in [0.1, 0.15) is 0 Å². The van der Waals surface area contributed by atoms with Crippen molar-refractivity contribution in [3.63, 3.8) is 0 Å². The van der Waals surface area contributed by atoms with Crippen LogP contribution in [0.1, 0.15) is 5.56 Å². The Labute approximate surface area is 83.9 Å². The number of hydrogen-bond acceptors (Lipinski definition) is 1. The molecule has 0 heterocycles. The van der Waals surface area contributed by atoms with E-state index >= 15 is 0 Å². The molecule has 3 heteroatoms. The van der Waals surface area contributed by atoms with E-state index < -0.39 is 0 Å². The van der Waals surface area contributed by atoms with Crippen molar-refractivity contribution < 1.29 is 4.79 Å². The summed E-state index contributed by atoms with van der Waals surface area (Å²) in [5.41, 5.74) is 0.963. The van der Waals surface area contributed by atoms with Crippen LogP contribution in [0.3, 0.4) is 0 Å². The summed E-state index contributed by atoms with van der Waals surface area (Å²) >= 11 is 7.42. The predicted octanol–water partition coefficient (Wildman–Crippen LogP) is 2.60. The smallest absolute Gasteiger partial charge is 0.226 e. The van der Waals surface area contributed by atoms with E-state index in [4.69, 9.17) is 11.6 Å². The van der Waals surface area contributed by atoms with Crippen LogP contribution in [-0.4, -0.2) is 5.24 Å². The summed E-state index contributed by atoms with van der Waals surface area (Å²) in [5, 5.41) is -0.314. The van der Waals surface area contributed by atoms with Crippen molar-refractivity contribution >= 4 is 39.4 Å². The third kappa shape index (κ3) is 3.20. The fourth-order valence-corrected chi connectivity index (χ4v) is 1.28. The molecule has 0 atom stereocenters. The van der Waals surface area contributed by atoms with Crippen molar-refractivity contribution in [2.24, 2.45) is 0 Å². The minimum atomic E-state index is -0.314. The van der Waals surface area contributed by atoms with Crippen molar-refractivity contribution in [3.05, 3.63) is 33.4 Å². The molecule has 0 aliphatic rings. The number of halogens is 2. The first-order chi connectivity index (χ1) is 5.18. The summed E-state index contributed by atoms with van der Waals surface area (Å²) in [7, 11) is 0. The second-order valence-electron chi connectivity index (χ2n) is 2.16. The maximum absolute atomic E-state index is 10.5. The molecule has 0 saturated heterocycles. The zero-order valence-electron chi connectivity index (χ0n) is 5.68. The lowest BCUT2D eigenvalue weighted by Crippen LogP contribution is -1.92. The van der Waals surface area contributed by atoms with Gasteiger partial charge in [-0.15, -0.1) is 0 Å². The maximum atomic E-state index is 10.5. The van der Waals surface area contributed by atoms with Gasteiger partial charge < -0.3 is 0 Å². The summed E-state index contributed by atoms with van der Waals surface area (Å²) in [6.45, 7) is 0. The summed E-state index contributed by atoms with van der Waals surface area (Å²) in [5.74, 6) is 0. The first-order valence-corrected chi connectivity index (χ1v) is 4.57. The Morgan fingerprint density at radius 1 is 1.36 bits per heavy atom. The number of benzene rings is 1. The molecule has 0 unspecified atom stereocenters. The Kier molecular flexibility index (Phi) is 3.33. The number of carbonyl (C=O) groups is 1. The molecule has 0 aliphatic heterocycles. The number of carbonyl (C=O) groups excluding carboxylic acids is 1. The normalized spacial score (nSPS) is 9.64. The average molecular weight is 280 g/mol. The fourth-order valence-electron chi connectivity index (χ4n) is 0.763. The standard InChI is InChI=1S/C8H6ClIO/c9-8(11)5-6-1-3-7(10)4-2-6/h1-4H,5H2. The average Bonchev–Trinajstić information content (AvgIpc) is 1.93. The highest BCUT2D eigenvalue weighted by molar-refractivity contribution is 14.1. The minimum Gasteiger partial charge on any atom is -0.281 e. The van der Waals surface area contributed by atoms with Gasteiger partial charge in [-0.05, 0) is 51.9 Å². The Morgan fingerprint density at radius 2 is 1.91 bits per heavy atom. The van der Waals surface area contributed by atoms with E-state index in [1.165, 1.54) is 0 Å². The van der Waals surface area contributed by atoms with Crippen molar-refractivity contribution in [2.45, 2.75) is 6.42 Å². The van der Waals surface area contributed by atoms with Crippen molar-refractivity contribution in [1.29, 1.82) is 0 Å². The first kappa shape index (κ1) is 9.00. The molecule has 11 heavy (non-hydrogen) atoms. The lowest BCUT2D eigenvalue weighted by molar-refractivity contribution is -0.111. The van der Waals surface area contributed by atoms with E-state index in [9.17, 15) is 4.79 Å². The Hall–Kier alpha value is -0.0900. The molecule has 0 saturated carbocycles. The van der Waals surface area contributed by atoms with E-state index in [0.29, 0.717) is 6.42 Å². The molecule has 0 amide bonds. The summed E-state index contributed by atoms with van der Waals surface area (Å²) in [4.78, 5) is 10.5. The highest BCUT2D eigenvalue weighted by Gasteiger charge is 1.97. The molecule has 1 aromatic carbocycles. The van der Waals surface area contributed by atoms with Gasteiger partial charge >= 0.3 is 0 Å². The van der Waals surface area contributed by atoms with E-state index in [2.05, 4.69) is 22.6 Å². The van der Waals surface area contributed by atoms with Crippen LogP contribution < -0.4 is 0 Å². The quantitative estimate of drug-likeness (QED) is 0.601. The van der Waals surface area contributed by atoms with Crippen LogP contribution in [0.25, 0.3) is 0 Å². The Morgan fingerprint density at radius 3 is 2.36 bits per heavy atom. The molecule has 58 valence electrons. The number of hydrogen-bond donors (Lipinski definition) is 0. The van der Waals surface area contributed by atoms with E-state index in [-0.39, 0.29) is 5.24 Å². The fraction of sp³-hybridized carbons (Fsp3) is 0.125. The molecule has 0 N–H and O–H groups in total.